The van der Waals surface area contributed by atoms with Gasteiger partial charge in [-0.05, 0) is 24.6 Å². The zero-order valence-corrected chi connectivity index (χ0v) is 12.2. The molecule has 0 bridgehead atoms. The van der Waals surface area contributed by atoms with E-state index in [0.29, 0.717) is 23.1 Å². The zero-order valence-electron chi connectivity index (χ0n) is 11.4. The van der Waals surface area contributed by atoms with E-state index < -0.39 is 5.97 Å². The van der Waals surface area contributed by atoms with Gasteiger partial charge < -0.3 is 19.9 Å². The van der Waals surface area contributed by atoms with Crippen molar-refractivity contribution >= 4 is 17.7 Å². The average Bonchev–Trinajstić information content (AvgIpc) is 2.82. The maximum absolute atomic E-state index is 10.7. The van der Waals surface area contributed by atoms with Crippen LogP contribution in [0, 0.1) is 0 Å². The highest BCUT2D eigenvalue weighted by atomic mass is 32.2. The summed E-state index contributed by atoms with van der Waals surface area (Å²) in [4.78, 5) is 10.7. The van der Waals surface area contributed by atoms with Crippen LogP contribution in [0.5, 0.6) is 11.5 Å². The Morgan fingerprint density at radius 3 is 2.76 bits per heavy atom. The summed E-state index contributed by atoms with van der Waals surface area (Å²) in [7, 11) is 0. The second-order valence-electron chi connectivity index (χ2n) is 4.34. The summed E-state index contributed by atoms with van der Waals surface area (Å²) in [5.41, 5.74) is 0.359. The van der Waals surface area contributed by atoms with E-state index in [2.05, 4.69) is 10.2 Å². The van der Waals surface area contributed by atoms with Gasteiger partial charge >= 0.3 is 5.97 Å². The van der Waals surface area contributed by atoms with Gasteiger partial charge in [-0.15, -0.1) is 10.2 Å². The minimum absolute atomic E-state index is 0.00795. The molecule has 0 radical (unpaired) electrons. The quantitative estimate of drug-likeness (QED) is 0.552. The Hall–Kier alpha value is -2.22. The molecule has 0 fully saturated rings. The van der Waals surface area contributed by atoms with Gasteiger partial charge in [-0.2, -0.15) is 0 Å². The molecule has 0 aliphatic rings. The van der Waals surface area contributed by atoms with Gasteiger partial charge in [0.05, 0.1) is 11.3 Å². The van der Waals surface area contributed by atoms with Crippen LogP contribution < -0.4 is 0 Å². The van der Waals surface area contributed by atoms with Crippen LogP contribution in [-0.2, 0) is 11.3 Å². The molecule has 8 heteroatoms. The number of phenols is 2. The lowest BCUT2D eigenvalue weighted by Crippen LogP contribution is -2.04. The summed E-state index contributed by atoms with van der Waals surface area (Å²) < 4.78 is 1.74. The SMILES string of the molecule is CCCn1c(SCC(=O)O)nnc1-c1cc(O)ccc1O. The van der Waals surface area contributed by atoms with Crippen molar-refractivity contribution < 1.29 is 20.1 Å². The van der Waals surface area contributed by atoms with Crippen LogP contribution in [0.3, 0.4) is 0 Å². The van der Waals surface area contributed by atoms with Crippen LogP contribution in [0.25, 0.3) is 11.4 Å². The van der Waals surface area contributed by atoms with Crippen LogP contribution >= 0.6 is 11.8 Å². The molecule has 7 nitrogen and oxygen atoms in total. The van der Waals surface area contributed by atoms with E-state index in [9.17, 15) is 15.0 Å². The number of aromatic nitrogens is 3. The predicted molar refractivity (Wildman–Crippen MR) is 77.4 cm³/mol. The van der Waals surface area contributed by atoms with Gasteiger partial charge in [0.2, 0.25) is 0 Å². The van der Waals surface area contributed by atoms with Crippen LogP contribution in [-0.4, -0.2) is 41.8 Å². The Kier molecular flexibility index (Phi) is 4.69. The van der Waals surface area contributed by atoms with Crippen LogP contribution in [0.2, 0.25) is 0 Å². The highest BCUT2D eigenvalue weighted by Crippen LogP contribution is 2.33. The molecular weight excluding hydrogens is 294 g/mol. The smallest absolute Gasteiger partial charge is 0.313 e. The monoisotopic (exact) mass is 309 g/mol. The van der Waals surface area contributed by atoms with Crippen molar-refractivity contribution in [3.63, 3.8) is 0 Å². The van der Waals surface area contributed by atoms with Gasteiger partial charge in [-0.3, -0.25) is 4.79 Å². The first-order chi connectivity index (χ1) is 10.0. The Morgan fingerprint density at radius 2 is 2.10 bits per heavy atom. The summed E-state index contributed by atoms with van der Waals surface area (Å²) in [6, 6.07) is 4.15. The van der Waals surface area contributed by atoms with Gasteiger partial charge in [-0.25, -0.2) is 0 Å². The number of carbonyl (C=O) groups is 1. The third kappa shape index (κ3) is 3.46. The first kappa shape index (κ1) is 15.2. The maximum Gasteiger partial charge on any atom is 0.313 e. The lowest BCUT2D eigenvalue weighted by Gasteiger charge is -2.09. The van der Waals surface area contributed by atoms with Crippen molar-refractivity contribution in [3.05, 3.63) is 18.2 Å². The number of hydrogen-bond acceptors (Lipinski definition) is 6. The second kappa shape index (κ2) is 6.49. The van der Waals surface area contributed by atoms with Crippen molar-refractivity contribution in [1.82, 2.24) is 14.8 Å². The Balaban J connectivity index is 2.43. The number of hydrogen-bond donors (Lipinski definition) is 3. The molecule has 2 rings (SSSR count). The van der Waals surface area contributed by atoms with E-state index in [-0.39, 0.29) is 17.3 Å². The van der Waals surface area contributed by atoms with E-state index in [0.717, 1.165) is 18.2 Å². The fourth-order valence-corrected chi connectivity index (χ4v) is 2.53. The Labute approximate surface area is 125 Å². The van der Waals surface area contributed by atoms with Gasteiger partial charge in [0.25, 0.3) is 0 Å². The number of carboxylic acids is 1. The average molecular weight is 309 g/mol. The van der Waals surface area contributed by atoms with Gasteiger partial charge in [-0.1, -0.05) is 18.7 Å². The van der Waals surface area contributed by atoms with Gasteiger partial charge in [0.1, 0.15) is 11.5 Å². The van der Waals surface area contributed by atoms with E-state index in [1.807, 2.05) is 6.92 Å². The van der Waals surface area contributed by atoms with Crippen LogP contribution in [0.15, 0.2) is 23.4 Å². The second-order valence-corrected chi connectivity index (χ2v) is 5.28. The molecule has 0 atom stereocenters. The van der Waals surface area contributed by atoms with Crippen LogP contribution in [0.1, 0.15) is 13.3 Å². The van der Waals surface area contributed by atoms with Crippen molar-refractivity contribution in [2.75, 3.05) is 5.75 Å². The summed E-state index contributed by atoms with van der Waals surface area (Å²) in [6.07, 6.45) is 0.797. The molecule has 112 valence electrons. The molecule has 0 amide bonds. The molecule has 3 N–H and O–H groups in total. The number of aromatic hydroxyl groups is 2. The van der Waals surface area contributed by atoms with Crippen molar-refractivity contribution in [2.45, 2.75) is 25.0 Å². The first-order valence-corrected chi connectivity index (χ1v) is 7.31. The molecule has 0 unspecified atom stereocenters. The molecular formula is C13H15N3O4S. The van der Waals surface area contributed by atoms with Gasteiger partial charge in [0, 0.05) is 6.54 Å². The zero-order chi connectivity index (χ0) is 15.4. The predicted octanol–water partition coefficient (Wildman–Crippen LogP) is 1.94. The fraction of sp³-hybridized carbons (Fsp3) is 0.308. The van der Waals surface area contributed by atoms with Crippen molar-refractivity contribution in [3.8, 4) is 22.9 Å². The van der Waals surface area contributed by atoms with E-state index in [4.69, 9.17) is 5.11 Å². The summed E-state index contributed by atoms with van der Waals surface area (Å²) in [5, 5.41) is 36.7. The standard InChI is InChI=1S/C13H15N3O4S/c1-2-5-16-12(9-6-8(17)3-4-10(9)18)14-15-13(16)21-7-11(19)20/h3-4,6,17-18H,2,5,7H2,1H3,(H,19,20). The fourth-order valence-electron chi connectivity index (χ4n) is 1.85. The number of phenolic OH excluding ortho intramolecular Hbond substituents is 2. The number of thioether (sulfide) groups is 1. The van der Waals surface area contributed by atoms with Crippen molar-refractivity contribution in [2.24, 2.45) is 0 Å². The molecule has 0 aliphatic heterocycles. The largest absolute Gasteiger partial charge is 0.508 e. The number of aliphatic carboxylic acids is 1. The summed E-state index contributed by atoms with van der Waals surface area (Å²) >= 11 is 1.07. The highest BCUT2D eigenvalue weighted by molar-refractivity contribution is 7.99. The molecule has 1 heterocycles. The molecule has 21 heavy (non-hydrogen) atoms. The third-order valence-electron chi connectivity index (χ3n) is 2.71. The molecule has 2 aromatic rings. The maximum atomic E-state index is 10.7. The Morgan fingerprint density at radius 1 is 1.33 bits per heavy atom. The molecule has 0 aliphatic carbocycles. The number of carboxylic acid groups (broad SMARTS) is 1. The summed E-state index contributed by atoms with van der Waals surface area (Å²) in [5.74, 6) is -0.666. The number of rotatable bonds is 6. The lowest BCUT2D eigenvalue weighted by atomic mass is 10.1. The van der Waals surface area contributed by atoms with E-state index >= 15 is 0 Å². The third-order valence-corrected chi connectivity index (χ3v) is 3.66. The van der Waals surface area contributed by atoms with Gasteiger partial charge in [0.15, 0.2) is 11.0 Å². The minimum Gasteiger partial charge on any atom is -0.508 e. The van der Waals surface area contributed by atoms with E-state index in [1.165, 1.54) is 18.2 Å². The van der Waals surface area contributed by atoms with Crippen LogP contribution in [0.4, 0.5) is 0 Å². The normalized spacial score (nSPS) is 10.7. The molecule has 0 saturated heterocycles. The molecule has 0 saturated carbocycles. The minimum atomic E-state index is -0.937. The lowest BCUT2D eigenvalue weighted by molar-refractivity contribution is -0.133. The first-order valence-electron chi connectivity index (χ1n) is 6.33. The Bertz CT molecular complexity index is 657. The molecule has 1 aromatic carbocycles. The van der Waals surface area contributed by atoms with Crippen molar-refractivity contribution in [1.29, 1.82) is 0 Å². The highest BCUT2D eigenvalue weighted by Gasteiger charge is 2.17. The summed E-state index contributed by atoms with van der Waals surface area (Å²) in [6.45, 7) is 2.55. The van der Waals surface area contributed by atoms with E-state index in [1.54, 1.807) is 4.57 Å². The molecule has 1 aromatic heterocycles. The number of nitrogens with zero attached hydrogens (tertiary/aromatic N) is 3. The molecule has 0 spiro atoms. The number of benzene rings is 1. The topological polar surface area (TPSA) is 108 Å².